The van der Waals surface area contributed by atoms with E-state index >= 15 is 0 Å². The fraction of sp³-hybridized carbons (Fsp3) is 0.571. The molecule has 2 atom stereocenters. The monoisotopic (exact) mass is 509 g/mol. The highest BCUT2D eigenvalue weighted by Gasteiger charge is 2.34. The number of pyridine rings is 1. The van der Waals surface area contributed by atoms with Gasteiger partial charge < -0.3 is 5.32 Å². The third kappa shape index (κ3) is 5.36. The van der Waals surface area contributed by atoms with Crippen LogP contribution in [-0.2, 0) is 9.84 Å². The van der Waals surface area contributed by atoms with Crippen LogP contribution in [0.4, 0.5) is 0 Å². The van der Waals surface area contributed by atoms with Gasteiger partial charge in [0.15, 0.2) is 21.3 Å². The van der Waals surface area contributed by atoms with Crippen molar-refractivity contribution >= 4 is 15.5 Å². The lowest BCUT2D eigenvalue weighted by atomic mass is 9.81. The minimum absolute atomic E-state index is 0.306. The Hall–Kier alpha value is -2.29. The zero-order chi connectivity index (χ0) is 25.4. The van der Waals surface area contributed by atoms with E-state index in [4.69, 9.17) is 10.1 Å². The summed E-state index contributed by atoms with van der Waals surface area (Å²) in [7, 11) is -3.23. The number of likely N-dealkylation sites (tertiary alicyclic amines) is 1. The van der Waals surface area contributed by atoms with E-state index in [1.807, 2.05) is 4.52 Å². The SMILES string of the molecule is Cc1cc(C2CCN(C3CCNCC3)[C@H](CC(C)C)C2)cn2nc(-c3ccc(S(C)(=O)=O)cc3)nc12. The van der Waals surface area contributed by atoms with Gasteiger partial charge in [0.1, 0.15) is 0 Å². The molecule has 2 fully saturated rings. The van der Waals surface area contributed by atoms with Crippen LogP contribution >= 0.6 is 0 Å². The summed E-state index contributed by atoms with van der Waals surface area (Å²) in [5.74, 6) is 1.83. The van der Waals surface area contributed by atoms with E-state index in [0.717, 1.165) is 29.9 Å². The highest BCUT2D eigenvalue weighted by Crippen LogP contribution is 2.37. The summed E-state index contributed by atoms with van der Waals surface area (Å²) in [5.41, 5.74) is 4.15. The quantitative estimate of drug-likeness (QED) is 0.529. The molecule has 0 amide bonds. The highest BCUT2D eigenvalue weighted by atomic mass is 32.2. The number of fused-ring (bicyclic) bond motifs is 1. The zero-order valence-electron chi connectivity index (χ0n) is 21.9. The van der Waals surface area contributed by atoms with Crippen molar-refractivity contribution in [1.29, 1.82) is 0 Å². The second-order valence-electron chi connectivity index (χ2n) is 11.2. The third-order valence-corrected chi connectivity index (χ3v) is 9.06. The van der Waals surface area contributed by atoms with Crippen molar-refractivity contribution in [3.05, 3.63) is 47.7 Å². The predicted molar refractivity (Wildman–Crippen MR) is 144 cm³/mol. The Bertz CT molecular complexity index is 1310. The fourth-order valence-corrected chi connectivity index (χ4v) is 6.77. The Morgan fingerprint density at radius 2 is 1.83 bits per heavy atom. The van der Waals surface area contributed by atoms with Gasteiger partial charge in [-0.3, -0.25) is 4.90 Å². The van der Waals surface area contributed by atoms with Crippen LogP contribution in [0.25, 0.3) is 17.0 Å². The molecule has 3 aromatic rings. The van der Waals surface area contributed by atoms with Crippen LogP contribution in [0.15, 0.2) is 41.4 Å². The molecule has 0 bridgehead atoms. The summed E-state index contributed by atoms with van der Waals surface area (Å²) in [6, 6.07) is 10.5. The zero-order valence-corrected chi connectivity index (χ0v) is 22.8. The molecule has 2 saturated heterocycles. The second-order valence-corrected chi connectivity index (χ2v) is 13.2. The number of hydrogen-bond donors (Lipinski definition) is 1. The van der Waals surface area contributed by atoms with Crippen LogP contribution in [-0.4, -0.2) is 65.9 Å². The molecule has 1 unspecified atom stereocenters. The Morgan fingerprint density at radius 1 is 1.11 bits per heavy atom. The number of sulfone groups is 1. The highest BCUT2D eigenvalue weighted by molar-refractivity contribution is 7.90. The van der Waals surface area contributed by atoms with Gasteiger partial charge in [-0.25, -0.2) is 17.9 Å². The first-order chi connectivity index (χ1) is 17.2. The Labute approximate surface area is 215 Å². The molecular weight excluding hydrogens is 470 g/mol. The van der Waals surface area contributed by atoms with Gasteiger partial charge in [0.25, 0.3) is 0 Å². The number of nitrogens with zero attached hydrogens (tertiary/aromatic N) is 4. The number of hydrogen-bond acceptors (Lipinski definition) is 6. The van der Waals surface area contributed by atoms with E-state index in [-0.39, 0.29) is 0 Å². The summed E-state index contributed by atoms with van der Waals surface area (Å²) < 4.78 is 25.5. The fourth-order valence-electron chi connectivity index (χ4n) is 6.14. The van der Waals surface area contributed by atoms with Gasteiger partial charge in [-0.2, -0.15) is 0 Å². The molecular formula is C28H39N5O2S. The van der Waals surface area contributed by atoms with Crippen molar-refractivity contribution in [2.24, 2.45) is 5.92 Å². The summed E-state index contributed by atoms with van der Waals surface area (Å²) in [6.45, 7) is 10.2. The van der Waals surface area contributed by atoms with Crippen LogP contribution in [0.3, 0.4) is 0 Å². The molecule has 8 heteroatoms. The van der Waals surface area contributed by atoms with E-state index in [9.17, 15) is 8.42 Å². The maximum atomic E-state index is 11.8. The third-order valence-electron chi connectivity index (χ3n) is 7.93. The molecule has 2 aliphatic heterocycles. The molecule has 1 aromatic carbocycles. The standard InChI is InChI=1S/C28H39N5O2S/c1-19(2)15-25-17-22(11-14-32(25)24-9-12-29-13-10-24)23-16-20(3)28-30-27(31-33(28)18-23)21-5-7-26(8-6-21)36(4,34)35/h5-8,16,18-19,22,24-25,29H,9-15,17H2,1-4H3/t22?,25-/m1/s1. The van der Waals surface area contributed by atoms with E-state index in [0.29, 0.717) is 34.6 Å². The molecule has 0 spiro atoms. The first-order valence-electron chi connectivity index (χ1n) is 13.3. The van der Waals surface area contributed by atoms with Crippen molar-refractivity contribution in [2.75, 3.05) is 25.9 Å². The van der Waals surface area contributed by atoms with Gasteiger partial charge in [-0.1, -0.05) is 19.9 Å². The van der Waals surface area contributed by atoms with Crippen molar-refractivity contribution < 1.29 is 8.42 Å². The van der Waals surface area contributed by atoms with Crippen molar-refractivity contribution in [2.45, 2.75) is 75.8 Å². The van der Waals surface area contributed by atoms with Crippen LogP contribution in [0, 0.1) is 12.8 Å². The molecule has 4 heterocycles. The van der Waals surface area contributed by atoms with Gasteiger partial charge in [0.05, 0.1) is 4.90 Å². The van der Waals surface area contributed by atoms with E-state index < -0.39 is 9.84 Å². The molecule has 1 N–H and O–H groups in total. The maximum Gasteiger partial charge on any atom is 0.182 e. The second kappa shape index (κ2) is 10.2. The minimum atomic E-state index is -3.23. The van der Waals surface area contributed by atoms with Crippen LogP contribution in [0.2, 0.25) is 0 Å². The number of aromatic nitrogens is 3. The number of rotatable bonds is 6. The first kappa shape index (κ1) is 25.4. The van der Waals surface area contributed by atoms with E-state index in [1.54, 1.807) is 24.3 Å². The number of nitrogens with one attached hydrogen (secondary N) is 1. The summed E-state index contributed by atoms with van der Waals surface area (Å²) in [4.78, 5) is 7.91. The average molecular weight is 510 g/mol. The van der Waals surface area contributed by atoms with Crippen LogP contribution in [0.5, 0.6) is 0 Å². The summed E-state index contributed by atoms with van der Waals surface area (Å²) >= 11 is 0. The minimum Gasteiger partial charge on any atom is -0.317 e. The van der Waals surface area contributed by atoms with Crippen molar-refractivity contribution in [3.63, 3.8) is 0 Å². The average Bonchev–Trinajstić information content (AvgIpc) is 3.29. The molecule has 7 nitrogen and oxygen atoms in total. The normalized spacial score (nSPS) is 22.5. The van der Waals surface area contributed by atoms with Crippen LogP contribution in [0.1, 0.15) is 63.0 Å². The van der Waals surface area contributed by atoms with Gasteiger partial charge >= 0.3 is 0 Å². The number of benzene rings is 1. The molecule has 0 radical (unpaired) electrons. The molecule has 36 heavy (non-hydrogen) atoms. The molecule has 0 saturated carbocycles. The Balaban J connectivity index is 1.40. The van der Waals surface area contributed by atoms with Gasteiger partial charge in [-0.05, 0) is 106 Å². The lowest BCUT2D eigenvalue weighted by Crippen LogP contribution is -2.51. The molecule has 194 valence electrons. The Kier molecular flexibility index (Phi) is 7.21. The topological polar surface area (TPSA) is 79.6 Å². The lowest BCUT2D eigenvalue weighted by Gasteiger charge is -2.46. The van der Waals surface area contributed by atoms with Crippen molar-refractivity contribution in [1.82, 2.24) is 24.8 Å². The van der Waals surface area contributed by atoms with Crippen molar-refractivity contribution in [3.8, 4) is 11.4 Å². The van der Waals surface area contributed by atoms with E-state index in [1.165, 1.54) is 50.5 Å². The molecule has 5 rings (SSSR count). The largest absolute Gasteiger partial charge is 0.317 e. The molecule has 2 aliphatic rings. The van der Waals surface area contributed by atoms with E-state index in [2.05, 4.69) is 43.3 Å². The van der Waals surface area contributed by atoms with Gasteiger partial charge in [0, 0.05) is 30.1 Å². The maximum absolute atomic E-state index is 11.8. The number of aryl methyl sites for hydroxylation is 1. The lowest BCUT2D eigenvalue weighted by molar-refractivity contribution is 0.0561. The summed E-state index contributed by atoms with van der Waals surface area (Å²) in [5, 5.41) is 8.31. The predicted octanol–water partition coefficient (Wildman–Crippen LogP) is 4.45. The molecule has 0 aliphatic carbocycles. The van der Waals surface area contributed by atoms with Gasteiger partial charge in [0.2, 0.25) is 0 Å². The van der Waals surface area contributed by atoms with Gasteiger partial charge in [-0.15, -0.1) is 5.10 Å². The van der Waals surface area contributed by atoms with Crippen LogP contribution < -0.4 is 5.32 Å². The Morgan fingerprint density at radius 3 is 2.50 bits per heavy atom. The summed E-state index contributed by atoms with van der Waals surface area (Å²) in [6.07, 6.45) is 9.53. The smallest absolute Gasteiger partial charge is 0.182 e. The first-order valence-corrected chi connectivity index (χ1v) is 15.2. The molecule has 2 aromatic heterocycles. The number of piperidine rings is 2.